The average Bonchev–Trinajstić information content (AvgIpc) is 2.41. The van der Waals surface area contributed by atoms with Gasteiger partial charge in [0.25, 0.3) is 0 Å². The molecule has 0 N–H and O–H groups in total. The molecule has 0 bridgehead atoms. The van der Waals surface area contributed by atoms with Crippen molar-refractivity contribution < 1.29 is 8.42 Å². The first-order chi connectivity index (χ1) is 9.41. The van der Waals surface area contributed by atoms with Crippen molar-refractivity contribution >= 4 is 37.6 Å². The third-order valence-electron chi connectivity index (χ3n) is 2.84. The zero-order valence-electron chi connectivity index (χ0n) is 10.8. The summed E-state index contributed by atoms with van der Waals surface area (Å²) < 4.78 is 26.9. The Hall–Kier alpha value is -0.880. The highest BCUT2D eigenvalue weighted by molar-refractivity contribution is 9.10. The lowest BCUT2D eigenvalue weighted by molar-refractivity contribution is 0.466. The van der Waals surface area contributed by atoms with Gasteiger partial charge in [0.05, 0.1) is 4.90 Å². The van der Waals surface area contributed by atoms with Gasteiger partial charge in [0, 0.05) is 23.1 Å². The van der Waals surface area contributed by atoms with E-state index >= 15 is 0 Å². The second kappa shape index (κ2) is 6.26. The van der Waals surface area contributed by atoms with Crippen LogP contribution < -0.4 is 0 Å². The van der Waals surface area contributed by atoms with Crippen LogP contribution in [0.25, 0.3) is 0 Å². The molecule has 0 radical (unpaired) electrons. The fourth-order valence-electron chi connectivity index (χ4n) is 1.75. The Morgan fingerprint density at radius 2 is 1.70 bits per heavy atom. The van der Waals surface area contributed by atoms with Crippen LogP contribution in [-0.2, 0) is 16.6 Å². The molecule has 6 heteroatoms. The fourth-order valence-corrected chi connectivity index (χ4v) is 4.00. The Bertz CT molecular complexity index is 701. The predicted octanol–water partition coefficient (Wildman–Crippen LogP) is 3.92. The molecule has 20 heavy (non-hydrogen) atoms. The van der Waals surface area contributed by atoms with E-state index in [4.69, 9.17) is 11.6 Å². The van der Waals surface area contributed by atoms with Crippen molar-refractivity contribution in [2.45, 2.75) is 11.4 Å². The van der Waals surface area contributed by atoms with Crippen LogP contribution in [0.15, 0.2) is 57.9 Å². The fraction of sp³-hybridized carbons (Fsp3) is 0.143. The lowest BCUT2D eigenvalue weighted by atomic mass is 10.2. The lowest BCUT2D eigenvalue weighted by Gasteiger charge is -2.18. The molecule has 0 atom stereocenters. The van der Waals surface area contributed by atoms with Crippen molar-refractivity contribution in [3.8, 4) is 0 Å². The molecular formula is C14H13BrClNO2S. The summed E-state index contributed by atoms with van der Waals surface area (Å²) in [6.07, 6.45) is 0. The number of rotatable bonds is 4. The second-order valence-corrected chi connectivity index (χ2v) is 7.62. The third-order valence-corrected chi connectivity index (χ3v) is 5.91. The molecule has 0 fully saturated rings. The summed E-state index contributed by atoms with van der Waals surface area (Å²) in [5.41, 5.74) is 0.882. The molecule has 0 aliphatic carbocycles. The van der Waals surface area contributed by atoms with E-state index in [0.29, 0.717) is 16.0 Å². The molecule has 0 spiro atoms. The highest BCUT2D eigenvalue weighted by Crippen LogP contribution is 2.25. The van der Waals surface area contributed by atoms with Gasteiger partial charge in [0.15, 0.2) is 0 Å². The highest BCUT2D eigenvalue weighted by Gasteiger charge is 2.22. The van der Waals surface area contributed by atoms with Crippen LogP contribution in [0.2, 0.25) is 5.02 Å². The van der Waals surface area contributed by atoms with Gasteiger partial charge in [-0.1, -0.05) is 35.9 Å². The molecule has 0 amide bonds. The third kappa shape index (κ3) is 3.41. The van der Waals surface area contributed by atoms with Gasteiger partial charge in [-0.15, -0.1) is 0 Å². The summed E-state index contributed by atoms with van der Waals surface area (Å²) in [5, 5.41) is 0.630. The normalized spacial score (nSPS) is 11.8. The van der Waals surface area contributed by atoms with Crippen LogP contribution in [0, 0.1) is 0 Å². The van der Waals surface area contributed by atoms with Crippen LogP contribution in [0.5, 0.6) is 0 Å². The molecule has 0 saturated carbocycles. The van der Waals surface area contributed by atoms with Crippen LogP contribution in [-0.4, -0.2) is 19.8 Å². The Labute approximate surface area is 132 Å². The molecule has 106 valence electrons. The molecule has 3 nitrogen and oxygen atoms in total. The predicted molar refractivity (Wildman–Crippen MR) is 84.2 cm³/mol. The van der Waals surface area contributed by atoms with E-state index in [0.717, 1.165) is 5.56 Å². The van der Waals surface area contributed by atoms with Crippen LogP contribution in [0.4, 0.5) is 0 Å². The summed E-state index contributed by atoms with van der Waals surface area (Å²) in [6.45, 7) is 0.292. The van der Waals surface area contributed by atoms with Crippen molar-refractivity contribution in [2.75, 3.05) is 7.05 Å². The van der Waals surface area contributed by atoms with E-state index in [2.05, 4.69) is 15.9 Å². The van der Waals surface area contributed by atoms with Crippen molar-refractivity contribution in [3.05, 3.63) is 63.6 Å². The number of benzene rings is 2. The SMILES string of the molecule is CN(Cc1ccc(Cl)cc1)S(=O)(=O)c1ccccc1Br. The second-order valence-electron chi connectivity index (χ2n) is 4.32. The lowest BCUT2D eigenvalue weighted by Crippen LogP contribution is -2.26. The minimum absolute atomic E-state index is 0.261. The molecular weight excluding hydrogens is 362 g/mol. The van der Waals surface area contributed by atoms with Crippen molar-refractivity contribution in [1.29, 1.82) is 0 Å². The summed E-state index contributed by atoms with van der Waals surface area (Å²) in [7, 11) is -1.97. The maximum Gasteiger partial charge on any atom is 0.244 e. The van der Waals surface area contributed by atoms with Crippen LogP contribution in [0.1, 0.15) is 5.56 Å². The molecule has 0 saturated heterocycles. The first kappa shape index (κ1) is 15.5. The molecule has 0 aliphatic rings. The molecule has 2 aromatic rings. The maximum atomic E-state index is 12.5. The number of hydrogen-bond donors (Lipinski definition) is 0. The monoisotopic (exact) mass is 373 g/mol. The molecule has 2 aromatic carbocycles. The van der Waals surface area contributed by atoms with E-state index in [-0.39, 0.29) is 4.90 Å². The highest BCUT2D eigenvalue weighted by atomic mass is 79.9. The van der Waals surface area contributed by atoms with Crippen molar-refractivity contribution in [3.63, 3.8) is 0 Å². The van der Waals surface area contributed by atoms with Crippen LogP contribution in [0.3, 0.4) is 0 Å². The molecule has 0 heterocycles. The largest absolute Gasteiger partial charge is 0.244 e. The molecule has 0 aromatic heterocycles. The van der Waals surface area contributed by atoms with E-state index < -0.39 is 10.0 Å². The van der Waals surface area contributed by atoms with Crippen molar-refractivity contribution in [2.24, 2.45) is 0 Å². The minimum atomic E-state index is -3.52. The summed E-state index contributed by atoms with van der Waals surface area (Å²) in [4.78, 5) is 0.261. The number of hydrogen-bond acceptors (Lipinski definition) is 2. The Morgan fingerprint density at radius 3 is 2.30 bits per heavy atom. The zero-order chi connectivity index (χ0) is 14.8. The molecule has 0 unspecified atom stereocenters. The summed E-state index contributed by atoms with van der Waals surface area (Å²) in [5.74, 6) is 0. The minimum Gasteiger partial charge on any atom is -0.207 e. The zero-order valence-corrected chi connectivity index (χ0v) is 13.9. The van der Waals surface area contributed by atoms with Gasteiger partial charge in [-0.25, -0.2) is 8.42 Å². The molecule has 0 aliphatic heterocycles. The van der Waals surface area contributed by atoms with E-state index in [1.807, 2.05) is 12.1 Å². The number of sulfonamides is 1. The van der Waals surface area contributed by atoms with Gasteiger partial charge in [0.1, 0.15) is 0 Å². The van der Waals surface area contributed by atoms with Gasteiger partial charge in [-0.3, -0.25) is 0 Å². The van der Waals surface area contributed by atoms with E-state index in [1.54, 1.807) is 43.4 Å². The first-order valence-electron chi connectivity index (χ1n) is 5.86. The standard InChI is InChI=1S/C14H13BrClNO2S/c1-17(10-11-6-8-12(16)9-7-11)20(18,19)14-5-3-2-4-13(14)15/h2-9H,10H2,1H3. The quantitative estimate of drug-likeness (QED) is 0.813. The Balaban J connectivity index is 2.26. The van der Waals surface area contributed by atoms with Crippen molar-refractivity contribution in [1.82, 2.24) is 4.31 Å². The van der Waals surface area contributed by atoms with Gasteiger partial charge in [-0.05, 0) is 45.8 Å². The Kier molecular flexibility index (Phi) is 4.86. The summed E-state index contributed by atoms with van der Waals surface area (Å²) >= 11 is 9.09. The van der Waals surface area contributed by atoms with Gasteiger partial charge < -0.3 is 0 Å². The maximum absolute atomic E-state index is 12.5. The Morgan fingerprint density at radius 1 is 1.10 bits per heavy atom. The topological polar surface area (TPSA) is 37.4 Å². The first-order valence-corrected chi connectivity index (χ1v) is 8.47. The smallest absolute Gasteiger partial charge is 0.207 e. The van der Waals surface area contributed by atoms with E-state index in [9.17, 15) is 8.42 Å². The number of halogens is 2. The average molecular weight is 375 g/mol. The molecule has 2 rings (SSSR count). The van der Waals surface area contributed by atoms with Gasteiger partial charge >= 0.3 is 0 Å². The van der Waals surface area contributed by atoms with Gasteiger partial charge in [0.2, 0.25) is 10.0 Å². The number of nitrogens with zero attached hydrogens (tertiary/aromatic N) is 1. The van der Waals surface area contributed by atoms with E-state index in [1.165, 1.54) is 4.31 Å². The van der Waals surface area contributed by atoms with Gasteiger partial charge in [-0.2, -0.15) is 4.31 Å². The van der Waals surface area contributed by atoms with Crippen LogP contribution >= 0.6 is 27.5 Å². The summed E-state index contributed by atoms with van der Waals surface area (Å²) in [6, 6.07) is 13.9.